The molecule has 0 fully saturated rings. The van der Waals surface area contributed by atoms with Gasteiger partial charge in [-0.15, -0.1) is 0 Å². The van der Waals surface area contributed by atoms with Crippen molar-refractivity contribution in [2.24, 2.45) is 11.7 Å². The number of carbonyl (C=O) groups excluding carboxylic acids is 1. The van der Waals surface area contributed by atoms with Crippen LogP contribution < -0.4 is 11.1 Å². The molecule has 0 bridgehead atoms. The minimum Gasteiger partial charge on any atom is -0.364 e. The highest BCUT2D eigenvalue weighted by atomic mass is 16.1. The van der Waals surface area contributed by atoms with Gasteiger partial charge in [0.15, 0.2) is 0 Å². The summed E-state index contributed by atoms with van der Waals surface area (Å²) in [6.07, 6.45) is 2.77. The van der Waals surface area contributed by atoms with Crippen molar-refractivity contribution in [1.29, 1.82) is 0 Å². The lowest BCUT2D eigenvalue weighted by atomic mass is 10.2. The van der Waals surface area contributed by atoms with Crippen LogP contribution in [0.2, 0.25) is 0 Å². The molecule has 1 amide bonds. The van der Waals surface area contributed by atoms with E-state index in [-0.39, 0.29) is 0 Å². The number of carbonyl (C=O) groups is 1. The van der Waals surface area contributed by atoms with Crippen molar-refractivity contribution < 1.29 is 4.79 Å². The maximum absolute atomic E-state index is 10.8. The Morgan fingerprint density at radius 1 is 1.62 bits per heavy atom. The molecule has 0 atom stereocenters. The lowest BCUT2D eigenvalue weighted by Crippen LogP contribution is -2.22. The first kappa shape index (κ1) is 12.7. The molecule has 0 radical (unpaired) electrons. The van der Waals surface area contributed by atoms with Crippen LogP contribution in [0.15, 0.2) is 12.3 Å². The predicted octanol–water partition coefficient (Wildman–Crippen LogP) is 0.618. The smallest absolute Gasteiger partial charge is 0.269 e. The van der Waals surface area contributed by atoms with Crippen molar-refractivity contribution in [3.8, 4) is 0 Å². The van der Waals surface area contributed by atoms with Gasteiger partial charge in [-0.2, -0.15) is 5.10 Å². The number of hydrogen-bond acceptors (Lipinski definition) is 3. The third kappa shape index (κ3) is 4.44. The summed E-state index contributed by atoms with van der Waals surface area (Å²) in [7, 11) is 0. The van der Waals surface area contributed by atoms with Crippen LogP contribution in [-0.2, 0) is 6.54 Å². The number of aryl methyl sites for hydroxylation is 1. The quantitative estimate of drug-likeness (QED) is 0.667. The van der Waals surface area contributed by atoms with E-state index >= 15 is 0 Å². The summed E-state index contributed by atoms with van der Waals surface area (Å²) >= 11 is 0. The zero-order chi connectivity index (χ0) is 12.0. The molecule has 0 unspecified atom stereocenters. The molecule has 1 aromatic heterocycles. The summed E-state index contributed by atoms with van der Waals surface area (Å²) in [5.74, 6) is 0.197. The van der Waals surface area contributed by atoms with Gasteiger partial charge in [-0.3, -0.25) is 9.48 Å². The third-order valence-corrected chi connectivity index (χ3v) is 2.19. The van der Waals surface area contributed by atoms with Crippen molar-refractivity contribution in [3.63, 3.8) is 0 Å². The van der Waals surface area contributed by atoms with Crippen LogP contribution >= 0.6 is 0 Å². The lowest BCUT2D eigenvalue weighted by Gasteiger charge is -2.06. The minimum atomic E-state index is -0.475. The molecule has 1 aromatic rings. The number of amides is 1. The summed E-state index contributed by atoms with van der Waals surface area (Å²) in [5.41, 5.74) is 5.44. The van der Waals surface area contributed by atoms with Gasteiger partial charge in [0.05, 0.1) is 0 Å². The molecule has 0 aliphatic heterocycles. The molecule has 1 heterocycles. The SMILES string of the molecule is CC(C)CNCCCn1ccc(C(N)=O)n1. The second-order valence-electron chi connectivity index (χ2n) is 4.28. The number of nitrogens with two attached hydrogens (primary N) is 1. The van der Waals surface area contributed by atoms with Gasteiger partial charge in [0.2, 0.25) is 0 Å². The molecule has 5 heteroatoms. The topological polar surface area (TPSA) is 72.9 Å². The van der Waals surface area contributed by atoms with E-state index in [0.717, 1.165) is 26.1 Å². The zero-order valence-corrected chi connectivity index (χ0v) is 9.94. The Hall–Kier alpha value is -1.36. The van der Waals surface area contributed by atoms with E-state index in [1.54, 1.807) is 16.9 Å². The number of nitrogens with one attached hydrogen (secondary N) is 1. The Balaban J connectivity index is 2.19. The van der Waals surface area contributed by atoms with Crippen LogP contribution in [0.25, 0.3) is 0 Å². The average Bonchev–Trinajstić information content (AvgIpc) is 2.65. The maximum atomic E-state index is 10.8. The average molecular weight is 224 g/mol. The predicted molar refractivity (Wildman–Crippen MR) is 63.1 cm³/mol. The Bertz CT molecular complexity index is 332. The second kappa shape index (κ2) is 6.27. The molecule has 0 aliphatic carbocycles. The Kier molecular flexibility index (Phi) is 4.98. The molecule has 1 rings (SSSR count). The molecular weight excluding hydrogens is 204 g/mol. The maximum Gasteiger partial charge on any atom is 0.269 e. The molecule has 5 nitrogen and oxygen atoms in total. The first-order chi connectivity index (χ1) is 7.59. The molecule has 0 aliphatic rings. The van der Waals surface area contributed by atoms with Gasteiger partial charge in [0.1, 0.15) is 5.69 Å². The number of primary amides is 1. The molecule has 16 heavy (non-hydrogen) atoms. The number of nitrogens with zero attached hydrogens (tertiary/aromatic N) is 2. The number of aromatic nitrogens is 2. The van der Waals surface area contributed by atoms with E-state index in [1.807, 2.05) is 0 Å². The van der Waals surface area contributed by atoms with E-state index < -0.39 is 5.91 Å². The van der Waals surface area contributed by atoms with Gasteiger partial charge in [-0.25, -0.2) is 0 Å². The molecule has 0 spiro atoms. The second-order valence-corrected chi connectivity index (χ2v) is 4.28. The monoisotopic (exact) mass is 224 g/mol. The molecule has 0 saturated heterocycles. The van der Waals surface area contributed by atoms with Crippen molar-refractivity contribution in [2.45, 2.75) is 26.8 Å². The Labute approximate surface area is 96.0 Å². The minimum absolute atomic E-state index is 0.329. The van der Waals surface area contributed by atoms with Gasteiger partial charge >= 0.3 is 0 Å². The van der Waals surface area contributed by atoms with Crippen LogP contribution in [0.1, 0.15) is 30.8 Å². The van der Waals surface area contributed by atoms with Crippen LogP contribution in [0, 0.1) is 5.92 Å². The van der Waals surface area contributed by atoms with Gasteiger partial charge in [-0.1, -0.05) is 13.8 Å². The van der Waals surface area contributed by atoms with Crippen LogP contribution in [-0.4, -0.2) is 28.8 Å². The van der Waals surface area contributed by atoms with E-state index in [2.05, 4.69) is 24.3 Å². The summed E-state index contributed by atoms with van der Waals surface area (Å²) in [6.45, 7) is 7.16. The van der Waals surface area contributed by atoms with Crippen molar-refractivity contribution in [2.75, 3.05) is 13.1 Å². The summed E-state index contributed by atoms with van der Waals surface area (Å²) < 4.78 is 1.75. The Morgan fingerprint density at radius 2 is 2.38 bits per heavy atom. The zero-order valence-electron chi connectivity index (χ0n) is 9.94. The number of rotatable bonds is 7. The molecule has 0 aromatic carbocycles. The summed E-state index contributed by atoms with van der Waals surface area (Å²) in [5, 5.41) is 7.41. The lowest BCUT2D eigenvalue weighted by molar-refractivity contribution is 0.0994. The van der Waals surface area contributed by atoms with Crippen molar-refractivity contribution in [3.05, 3.63) is 18.0 Å². The fourth-order valence-electron chi connectivity index (χ4n) is 1.37. The highest BCUT2D eigenvalue weighted by molar-refractivity contribution is 5.90. The molecule has 0 saturated carbocycles. The standard InChI is InChI=1S/C11H20N4O/c1-9(2)8-13-5-3-6-15-7-4-10(14-15)11(12)16/h4,7,9,13H,3,5-6,8H2,1-2H3,(H2,12,16). The molecule has 90 valence electrons. The van der Waals surface area contributed by atoms with Gasteiger partial charge in [-0.05, 0) is 31.5 Å². The summed E-state index contributed by atoms with van der Waals surface area (Å²) in [6, 6.07) is 1.64. The van der Waals surface area contributed by atoms with E-state index in [4.69, 9.17) is 5.73 Å². The van der Waals surface area contributed by atoms with E-state index in [9.17, 15) is 4.79 Å². The van der Waals surface area contributed by atoms with E-state index in [0.29, 0.717) is 11.6 Å². The molecular formula is C11H20N4O. The van der Waals surface area contributed by atoms with Gasteiger partial charge in [0, 0.05) is 12.7 Å². The molecule has 3 N–H and O–H groups in total. The van der Waals surface area contributed by atoms with Crippen LogP contribution in [0.5, 0.6) is 0 Å². The third-order valence-electron chi connectivity index (χ3n) is 2.19. The fraction of sp³-hybridized carbons (Fsp3) is 0.636. The highest BCUT2D eigenvalue weighted by Crippen LogP contribution is 1.95. The highest BCUT2D eigenvalue weighted by Gasteiger charge is 2.03. The number of hydrogen-bond donors (Lipinski definition) is 2. The van der Waals surface area contributed by atoms with Gasteiger partial charge in [0.25, 0.3) is 5.91 Å². The fourth-order valence-corrected chi connectivity index (χ4v) is 1.37. The van der Waals surface area contributed by atoms with Crippen molar-refractivity contribution >= 4 is 5.91 Å². The first-order valence-corrected chi connectivity index (χ1v) is 5.63. The van der Waals surface area contributed by atoms with E-state index in [1.165, 1.54) is 0 Å². The largest absolute Gasteiger partial charge is 0.364 e. The Morgan fingerprint density at radius 3 is 2.94 bits per heavy atom. The van der Waals surface area contributed by atoms with Crippen LogP contribution in [0.3, 0.4) is 0 Å². The van der Waals surface area contributed by atoms with Gasteiger partial charge < -0.3 is 11.1 Å². The van der Waals surface area contributed by atoms with Crippen LogP contribution in [0.4, 0.5) is 0 Å². The normalized spacial score (nSPS) is 10.9. The van der Waals surface area contributed by atoms with Crippen molar-refractivity contribution in [1.82, 2.24) is 15.1 Å². The summed E-state index contributed by atoms with van der Waals surface area (Å²) in [4.78, 5) is 10.8. The first-order valence-electron chi connectivity index (χ1n) is 5.63.